The number of thioether (sulfide) groups is 2. The van der Waals surface area contributed by atoms with Crippen LogP contribution in [0.25, 0.3) is 22.1 Å². The van der Waals surface area contributed by atoms with Gasteiger partial charge in [-0.1, -0.05) is 42.6 Å². The quantitative estimate of drug-likeness (QED) is 0.273. The second-order valence-electron chi connectivity index (χ2n) is 6.68. The minimum Gasteiger partial charge on any atom is -0.431 e. The zero-order chi connectivity index (χ0) is 21.6. The molecule has 0 radical (unpaired) electrons. The van der Waals surface area contributed by atoms with Crippen LogP contribution in [0.15, 0.2) is 45.3 Å². The molecule has 31 heavy (non-hydrogen) atoms. The maximum absolute atomic E-state index is 12.2. The van der Waals surface area contributed by atoms with Crippen LogP contribution in [0.3, 0.4) is 0 Å². The SMILES string of the molecule is CCCNc1nc(SC)nc2c1cnn2CCNC(=O)CSc1nc2ccccc2o1. The molecule has 1 amide bonds. The Kier molecular flexibility index (Phi) is 6.92. The van der Waals surface area contributed by atoms with Crippen LogP contribution in [-0.2, 0) is 11.3 Å². The monoisotopic (exact) mass is 457 g/mol. The van der Waals surface area contributed by atoms with Gasteiger partial charge < -0.3 is 15.1 Å². The molecule has 0 fully saturated rings. The summed E-state index contributed by atoms with van der Waals surface area (Å²) in [5.41, 5.74) is 2.26. The lowest BCUT2D eigenvalue weighted by Gasteiger charge is -2.08. The molecular formula is C20H23N7O2S2. The number of hydrogen-bond donors (Lipinski definition) is 2. The van der Waals surface area contributed by atoms with Crippen molar-refractivity contribution in [3.8, 4) is 0 Å². The number of nitrogens with zero attached hydrogens (tertiary/aromatic N) is 5. The van der Waals surface area contributed by atoms with Crippen molar-refractivity contribution in [1.82, 2.24) is 30.0 Å². The fraction of sp³-hybridized carbons (Fsp3) is 0.350. The minimum absolute atomic E-state index is 0.0894. The van der Waals surface area contributed by atoms with E-state index in [2.05, 4.69) is 37.6 Å². The van der Waals surface area contributed by atoms with Crippen LogP contribution in [0.1, 0.15) is 13.3 Å². The van der Waals surface area contributed by atoms with Crippen molar-refractivity contribution in [2.45, 2.75) is 30.3 Å². The number of aromatic nitrogens is 5. The fourth-order valence-electron chi connectivity index (χ4n) is 2.96. The van der Waals surface area contributed by atoms with E-state index in [0.29, 0.717) is 23.5 Å². The van der Waals surface area contributed by atoms with E-state index in [-0.39, 0.29) is 11.7 Å². The highest BCUT2D eigenvalue weighted by atomic mass is 32.2. The summed E-state index contributed by atoms with van der Waals surface area (Å²) in [4.78, 5) is 25.7. The molecule has 0 unspecified atom stereocenters. The third kappa shape index (κ3) is 5.10. The summed E-state index contributed by atoms with van der Waals surface area (Å²) in [5.74, 6) is 0.936. The van der Waals surface area contributed by atoms with E-state index in [1.165, 1.54) is 23.5 Å². The van der Waals surface area contributed by atoms with Crippen LogP contribution in [0, 0.1) is 0 Å². The van der Waals surface area contributed by atoms with Gasteiger partial charge in [0, 0.05) is 13.1 Å². The van der Waals surface area contributed by atoms with Crippen molar-refractivity contribution in [1.29, 1.82) is 0 Å². The van der Waals surface area contributed by atoms with E-state index in [9.17, 15) is 4.79 Å². The molecule has 11 heteroatoms. The maximum atomic E-state index is 12.2. The van der Waals surface area contributed by atoms with Gasteiger partial charge in [-0.25, -0.2) is 19.6 Å². The zero-order valence-electron chi connectivity index (χ0n) is 17.3. The molecule has 0 spiro atoms. The van der Waals surface area contributed by atoms with Gasteiger partial charge in [0.15, 0.2) is 16.4 Å². The summed E-state index contributed by atoms with van der Waals surface area (Å²) in [7, 11) is 0. The number of carbonyl (C=O) groups excluding carboxylic acids is 1. The van der Waals surface area contributed by atoms with Gasteiger partial charge in [0.25, 0.3) is 5.22 Å². The highest BCUT2D eigenvalue weighted by Gasteiger charge is 2.13. The first-order valence-corrected chi connectivity index (χ1v) is 12.2. The molecule has 4 rings (SSSR count). The van der Waals surface area contributed by atoms with E-state index in [1.54, 1.807) is 10.9 Å². The normalized spacial score (nSPS) is 11.3. The van der Waals surface area contributed by atoms with E-state index < -0.39 is 0 Å². The van der Waals surface area contributed by atoms with Gasteiger partial charge in [-0.2, -0.15) is 5.10 Å². The van der Waals surface area contributed by atoms with Gasteiger partial charge in [0.2, 0.25) is 5.91 Å². The third-order valence-corrected chi connectivity index (χ3v) is 5.82. The van der Waals surface area contributed by atoms with Gasteiger partial charge in [0.05, 0.1) is 23.9 Å². The molecule has 0 aliphatic heterocycles. The van der Waals surface area contributed by atoms with Crippen LogP contribution in [-0.4, -0.2) is 55.7 Å². The summed E-state index contributed by atoms with van der Waals surface area (Å²) in [6, 6.07) is 7.53. The first-order valence-electron chi connectivity index (χ1n) is 9.94. The second kappa shape index (κ2) is 10.0. The minimum atomic E-state index is -0.0894. The van der Waals surface area contributed by atoms with Gasteiger partial charge in [0.1, 0.15) is 11.3 Å². The number of rotatable bonds is 10. The van der Waals surface area contributed by atoms with Crippen molar-refractivity contribution in [3.63, 3.8) is 0 Å². The van der Waals surface area contributed by atoms with Crippen LogP contribution in [0.5, 0.6) is 0 Å². The lowest BCUT2D eigenvalue weighted by molar-refractivity contribution is -0.118. The number of nitrogens with one attached hydrogen (secondary N) is 2. The molecule has 1 aromatic carbocycles. The molecule has 3 heterocycles. The zero-order valence-corrected chi connectivity index (χ0v) is 18.9. The molecule has 0 bridgehead atoms. The first kappa shape index (κ1) is 21.4. The Morgan fingerprint density at radius 1 is 1.19 bits per heavy atom. The van der Waals surface area contributed by atoms with Crippen molar-refractivity contribution in [2.75, 3.05) is 30.4 Å². The number of hydrogen-bond acceptors (Lipinski definition) is 9. The number of oxazole rings is 1. The number of amides is 1. The van der Waals surface area contributed by atoms with Crippen LogP contribution < -0.4 is 10.6 Å². The van der Waals surface area contributed by atoms with E-state index in [0.717, 1.165) is 40.9 Å². The van der Waals surface area contributed by atoms with Crippen LogP contribution in [0.2, 0.25) is 0 Å². The molecule has 0 atom stereocenters. The molecule has 9 nitrogen and oxygen atoms in total. The molecule has 0 saturated carbocycles. The van der Waals surface area contributed by atoms with E-state index >= 15 is 0 Å². The highest BCUT2D eigenvalue weighted by Crippen LogP contribution is 2.24. The number of benzene rings is 1. The predicted molar refractivity (Wildman–Crippen MR) is 124 cm³/mol. The Hall–Kier alpha value is -2.79. The van der Waals surface area contributed by atoms with Gasteiger partial charge in [-0.15, -0.1) is 0 Å². The average Bonchev–Trinajstić information content (AvgIpc) is 3.39. The summed E-state index contributed by atoms with van der Waals surface area (Å²) >= 11 is 2.76. The summed E-state index contributed by atoms with van der Waals surface area (Å²) in [6.07, 6.45) is 4.71. The molecule has 0 saturated heterocycles. The molecule has 4 aromatic rings. The van der Waals surface area contributed by atoms with Crippen molar-refractivity contribution in [2.24, 2.45) is 0 Å². The average molecular weight is 458 g/mol. The Balaban J connectivity index is 1.33. The maximum Gasteiger partial charge on any atom is 0.257 e. The standard InChI is InChI=1S/C20H23N7O2S2/c1-3-8-22-17-13-11-23-27(18(13)26-19(25-17)30-2)10-9-21-16(28)12-31-20-24-14-6-4-5-7-15(14)29-20/h4-7,11H,3,8-10,12H2,1-2H3,(H,21,28)(H,22,25,26). The van der Waals surface area contributed by atoms with Crippen molar-refractivity contribution < 1.29 is 9.21 Å². The molecular weight excluding hydrogens is 434 g/mol. The Morgan fingerprint density at radius 2 is 2.06 bits per heavy atom. The molecule has 0 aliphatic carbocycles. The lowest BCUT2D eigenvalue weighted by atomic mass is 10.3. The van der Waals surface area contributed by atoms with Crippen LogP contribution in [0.4, 0.5) is 5.82 Å². The van der Waals surface area contributed by atoms with Crippen molar-refractivity contribution in [3.05, 3.63) is 30.5 Å². The van der Waals surface area contributed by atoms with Gasteiger partial charge >= 0.3 is 0 Å². The Morgan fingerprint density at radius 3 is 2.87 bits per heavy atom. The lowest BCUT2D eigenvalue weighted by Crippen LogP contribution is -2.29. The topological polar surface area (TPSA) is 111 Å². The highest BCUT2D eigenvalue weighted by molar-refractivity contribution is 7.99. The van der Waals surface area contributed by atoms with Gasteiger partial charge in [-0.3, -0.25) is 4.79 Å². The smallest absolute Gasteiger partial charge is 0.257 e. The van der Waals surface area contributed by atoms with Crippen molar-refractivity contribution >= 4 is 57.4 Å². The second-order valence-corrected chi connectivity index (χ2v) is 8.38. The Bertz CT molecular complexity index is 1160. The fourth-order valence-corrected chi connectivity index (χ4v) is 3.99. The summed E-state index contributed by atoms with van der Waals surface area (Å²) in [6.45, 7) is 3.90. The number of para-hydroxylation sites is 2. The Labute approximate surface area is 187 Å². The third-order valence-electron chi connectivity index (χ3n) is 4.45. The number of carbonyl (C=O) groups is 1. The first-order chi connectivity index (χ1) is 15.2. The molecule has 0 aliphatic rings. The summed E-state index contributed by atoms with van der Waals surface area (Å²) < 4.78 is 7.42. The predicted octanol–water partition coefficient (Wildman–Crippen LogP) is 3.42. The molecule has 2 N–H and O–H groups in total. The summed E-state index contributed by atoms with van der Waals surface area (Å²) in [5, 5.41) is 12.7. The molecule has 3 aromatic heterocycles. The number of anilines is 1. The largest absolute Gasteiger partial charge is 0.431 e. The van der Waals surface area contributed by atoms with E-state index in [1.807, 2.05) is 30.5 Å². The van der Waals surface area contributed by atoms with Gasteiger partial charge in [-0.05, 0) is 24.8 Å². The number of fused-ring (bicyclic) bond motifs is 2. The molecule has 162 valence electrons. The van der Waals surface area contributed by atoms with E-state index in [4.69, 9.17) is 4.42 Å². The van der Waals surface area contributed by atoms with Crippen LogP contribution >= 0.6 is 23.5 Å².